The summed E-state index contributed by atoms with van der Waals surface area (Å²) in [5, 5.41) is 5.20. The van der Waals surface area contributed by atoms with Crippen LogP contribution in [-0.4, -0.2) is 46.4 Å². The second-order valence-electron chi connectivity index (χ2n) is 4.19. The van der Waals surface area contributed by atoms with Gasteiger partial charge in [0, 0.05) is 5.75 Å². The first kappa shape index (κ1) is 12.7. The van der Waals surface area contributed by atoms with Gasteiger partial charge in [-0.1, -0.05) is 30.0 Å². The van der Waals surface area contributed by atoms with Gasteiger partial charge in [0.05, 0.1) is 31.6 Å². The lowest BCUT2D eigenvalue weighted by atomic mass is 10.3. The highest BCUT2D eigenvalue weighted by Crippen LogP contribution is 2.17. The third kappa shape index (κ3) is 3.34. The van der Waals surface area contributed by atoms with Crippen LogP contribution in [0.3, 0.4) is 0 Å². The Morgan fingerprint density at radius 1 is 1.26 bits per heavy atom. The molecule has 1 aromatic heterocycles. The van der Waals surface area contributed by atoms with Gasteiger partial charge in [0.1, 0.15) is 6.33 Å². The van der Waals surface area contributed by atoms with Crippen LogP contribution < -0.4 is 0 Å². The molecule has 1 aliphatic heterocycles. The Morgan fingerprint density at radius 2 is 2.16 bits per heavy atom. The topological polar surface area (TPSA) is 49.2 Å². The molecule has 1 unspecified atom stereocenters. The highest BCUT2D eigenvalue weighted by molar-refractivity contribution is 7.99. The Kier molecular flexibility index (Phi) is 4.12. The number of rotatable bonds is 4. The van der Waals surface area contributed by atoms with E-state index in [9.17, 15) is 0 Å². The van der Waals surface area contributed by atoms with Crippen LogP contribution in [0.1, 0.15) is 0 Å². The minimum Gasteiger partial charge on any atom is -0.376 e. The van der Waals surface area contributed by atoms with Gasteiger partial charge in [-0.2, -0.15) is 0 Å². The van der Waals surface area contributed by atoms with E-state index in [4.69, 9.17) is 9.47 Å². The fraction of sp³-hybridized carbons (Fsp3) is 0.385. The third-order valence-corrected chi connectivity index (χ3v) is 3.76. The molecule has 0 spiro atoms. The van der Waals surface area contributed by atoms with E-state index >= 15 is 0 Å². The number of nitrogens with zero attached hydrogens (tertiary/aromatic N) is 3. The lowest BCUT2D eigenvalue weighted by molar-refractivity contribution is -0.0776. The zero-order chi connectivity index (χ0) is 12.9. The van der Waals surface area contributed by atoms with Crippen molar-refractivity contribution in [1.29, 1.82) is 0 Å². The Morgan fingerprint density at radius 3 is 2.95 bits per heavy atom. The number of ether oxygens (including phenoxy) is 2. The molecule has 1 saturated heterocycles. The standard InChI is InChI=1S/C13H15N3O2S/c1-2-4-11(5-3-1)16-10-14-13(15-16)19-9-12-8-17-6-7-18-12/h1-5,10,12H,6-9H2. The van der Waals surface area contributed by atoms with Crippen molar-refractivity contribution >= 4 is 11.8 Å². The van der Waals surface area contributed by atoms with E-state index in [1.54, 1.807) is 22.8 Å². The van der Waals surface area contributed by atoms with Gasteiger partial charge in [0.25, 0.3) is 0 Å². The molecule has 1 aliphatic rings. The number of aromatic nitrogens is 3. The minimum absolute atomic E-state index is 0.141. The molecule has 19 heavy (non-hydrogen) atoms. The van der Waals surface area contributed by atoms with E-state index in [2.05, 4.69) is 10.1 Å². The molecule has 2 heterocycles. The number of benzene rings is 1. The molecule has 1 aromatic carbocycles. The molecule has 0 radical (unpaired) electrons. The lowest BCUT2D eigenvalue weighted by Crippen LogP contribution is -2.30. The molecule has 1 atom stereocenters. The van der Waals surface area contributed by atoms with Crippen molar-refractivity contribution in [1.82, 2.24) is 14.8 Å². The van der Waals surface area contributed by atoms with Crippen LogP contribution in [0.15, 0.2) is 41.8 Å². The zero-order valence-electron chi connectivity index (χ0n) is 10.4. The highest BCUT2D eigenvalue weighted by Gasteiger charge is 2.15. The van der Waals surface area contributed by atoms with Gasteiger partial charge >= 0.3 is 0 Å². The fourth-order valence-corrected chi connectivity index (χ4v) is 2.61. The van der Waals surface area contributed by atoms with Crippen LogP contribution in [0.5, 0.6) is 0 Å². The zero-order valence-corrected chi connectivity index (χ0v) is 11.3. The van der Waals surface area contributed by atoms with Crippen LogP contribution in [0.25, 0.3) is 5.69 Å². The number of hydrogen-bond donors (Lipinski definition) is 0. The molecule has 0 aliphatic carbocycles. The molecule has 2 aromatic rings. The molecular formula is C13H15N3O2S. The minimum atomic E-state index is 0.141. The normalized spacial score (nSPS) is 19.5. The van der Waals surface area contributed by atoms with Crippen LogP contribution >= 0.6 is 11.8 Å². The van der Waals surface area contributed by atoms with Gasteiger partial charge in [0.15, 0.2) is 0 Å². The molecule has 0 amide bonds. The van der Waals surface area contributed by atoms with Gasteiger partial charge in [-0.3, -0.25) is 0 Å². The van der Waals surface area contributed by atoms with Gasteiger partial charge in [-0.15, -0.1) is 5.10 Å². The molecule has 0 saturated carbocycles. The average molecular weight is 277 g/mol. The summed E-state index contributed by atoms with van der Waals surface area (Å²) in [4.78, 5) is 4.30. The van der Waals surface area contributed by atoms with E-state index in [1.807, 2.05) is 30.3 Å². The summed E-state index contributed by atoms with van der Waals surface area (Å²) in [6, 6.07) is 9.95. The Balaban J connectivity index is 1.59. The summed E-state index contributed by atoms with van der Waals surface area (Å²) < 4.78 is 12.7. The van der Waals surface area contributed by atoms with E-state index in [0.29, 0.717) is 19.8 Å². The maximum Gasteiger partial charge on any atom is 0.208 e. The Hall–Kier alpha value is -1.37. The van der Waals surface area contributed by atoms with Crippen molar-refractivity contribution in [2.75, 3.05) is 25.6 Å². The van der Waals surface area contributed by atoms with Crippen molar-refractivity contribution in [2.24, 2.45) is 0 Å². The van der Waals surface area contributed by atoms with Crippen molar-refractivity contribution in [2.45, 2.75) is 11.3 Å². The van der Waals surface area contributed by atoms with Crippen LogP contribution in [0, 0.1) is 0 Å². The van der Waals surface area contributed by atoms with Crippen LogP contribution in [-0.2, 0) is 9.47 Å². The molecule has 0 N–H and O–H groups in total. The van der Waals surface area contributed by atoms with Crippen molar-refractivity contribution in [3.05, 3.63) is 36.7 Å². The van der Waals surface area contributed by atoms with E-state index in [-0.39, 0.29) is 6.10 Å². The third-order valence-electron chi connectivity index (χ3n) is 2.77. The van der Waals surface area contributed by atoms with Gasteiger partial charge in [0.2, 0.25) is 5.16 Å². The second-order valence-corrected chi connectivity index (χ2v) is 5.17. The Labute approximate surface area is 115 Å². The number of thioether (sulfide) groups is 1. The van der Waals surface area contributed by atoms with Gasteiger partial charge in [-0.25, -0.2) is 9.67 Å². The maximum atomic E-state index is 5.58. The Bertz CT molecular complexity index is 512. The van der Waals surface area contributed by atoms with Gasteiger partial charge < -0.3 is 9.47 Å². The number of hydrogen-bond acceptors (Lipinski definition) is 5. The molecular weight excluding hydrogens is 262 g/mol. The van der Waals surface area contributed by atoms with E-state index in [1.165, 1.54) is 0 Å². The summed E-state index contributed by atoms with van der Waals surface area (Å²) in [5.41, 5.74) is 1.01. The largest absolute Gasteiger partial charge is 0.376 e. The average Bonchev–Trinajstić information content (AvgIpc) is 2.96. The highest BCUT2D eigenvalue weighted by atomic mass is 32.2. The summed E-state index contributed by atoms with van der Waals surface area (Å²) in [6.45, 7) is 2.03. The van der Waals surface area contributed by atoms with Crippen molar-refractivity contribution in [3.63, 3.8) is 0 Å². The maximum absolute atomic E-state index is 5.58. The summed E-state index contributed by atoms with van der Waals surface area (Å²) in [6.07, 6.45) is 1.87. The monoisotopic (exact) mass is 277 g/mol. The molecule has 6 heteroatoms. The molecule has 0 bridgehead atoms. The molecule has 100 valence electrons. The fourth-order valence-electron chi connectivity index (χ4n) is 1.82. The SMILES string of the molecule is c1ccc(-n2cnc(SCC3COCCO3)n2)cc1. The van der Waals surface area contributed by atoms with Crippen LogP contribution in [0.4, 0.5) is 0 Å². The van der Waals surface area contributed by atoms with Crippen molar-refractivity contribution < 1.29 is 9.47 Å². The molecule has 3 rings (SSSR count). The first-order chi connectivity index (χ1) is 9.42. The van der Waals surface area contributed by atoms with Crippen LogP contribution in [0.2, 0.25) is 0 Å². The van der Waals surface area contributed by atoms with Crippen molar-refractivity contribution in [3.8, 4) is 5.69 Å². The number of para-hydroxylation sites is 1. The summed E-state index contributed by atoms with van der Waals surface area (Å²) in [7, 11) is 0. The quantitative estimate of drug-likeness (QED) is 0.797. The van der Waals surface area contributed by atoms with E-state index < -0.39 is 0 Å². The van der Waals surface area contributed by atoms with Gasteiger partial charge in [-0.05, 0) is 12.1 Å². The lowest BCUT2D eigenvalue weighted by Gasteiger charge is -2.21. The summed E-state index contributed by atoms with van der Waals surface area (Å²) in [5.74, 6) is 0.818. The van der Waals surface area contributed by atoms with E-state index in [0.717, 1.165) is 16.6 Å². The predicted molar refractivity (Wildman–Crippen MR) is 72.6 cm³/mol. The summed E-state index contributed by atoms with van der Waals surface area (Å²) >= 11 is 1.59. The predicted octanol–water partition coefficient (Wildman–Crippen LogP) is 1.77. The molecule has 1 fully saturated rings. The first-order valence-electron chi connectivity index (χ1n) is 6.21. The molecule has 5 nitrogen and oxygen atoms in total. The second kappa shape index (κ2) is 6.18. The first-order valence-corrected chi connectivity index (χ1v) is 7.19. The smallest absolute Gasteiger partial charge is 0.208 e.